The van der Waals surface area contributed by atoms with E-state index in [0.717, 1.165) is 23.1 Å². The number of hydrogen-bond donors (Lipinski definition) is 2. The maximum Gasteiger partial charge on any atom is 0.123 e. The third-order valence-electron chi connectivity index (χ3n) is 2.86. The summed E-state index contributed by atoms with van der Waals surface area (Å²) in [6, 6.07) is 9.47. The molecule has 3 N–H and O–H groups in total. The molecule has 0 unspecified atom stereocenters. The summed E-state index contributed by atoms with van der Waals surface area (Å²) in [4.78, 5) is 3.99. The molecule has 0 saturated heterocycles. The van der Waals surface area contributed by atoms with E-state index < -0.39 is 0 Å². The van der Waals surface area contributed by atoms with Crippen molar-refractivity contribution in [2.75, 3.05) is 6.61 Å². The van der Waals surface area contributed by atoms with Crippen LogP contribution in [0.4, 0.5) is 0 Å². The number of hydrogen-bond acceptors (Lipinski definition) is 3. The highest BCUT2D eigenvalue weighted by Crippen LogP contribution is 2.22. The topological polar surface area (TPSA) is 72.0 Å². The molecule has 0 saturated carbocycles. The zero-order valence-electron chi connectivity index (χ0n) is 11.0. The van der Waals surface area contributed by atoms with Gasteiger partial charge in [-0.05, 0) is 64.7 Å². The van der Waals surface area contributed by atoms with E-state index in [-0.39, 0.29) is 5.84 Å². The molecule has 0 fully saturated rings. The maximum absolute atomic E-state index is 7.41. The van der Waals surface area contributed by atoms with Crippen molar-refractivity contribution in [3.8, 4) is 5.75 Å². The van der Waals surface area contributed by atoms with Gasteiger partial charge in [-0.25, -0.2) is 0 Å². The van der Waals surface area contributed by atoms with Crippen molar-refractivity contribution >= 4 is 21.8 Å². The summed E-state index contributed by atoms with van der Waals surface area (Å²) in [7, 11) is 0. The SMILES string of the molecule is N=C(N)c1ccc(OCCCc2ccncc2)cc1Br. The Morgan fingerprint density at radius 2 is 2.00 bits per heavy atom. The zero-order chi connectivity index (χ0) is 14.4. The Morgan fingerprint density at radius 3 is 2.65 bits per heavy atom. The highest BCUT2D eigenvalue weighted by atomic mass is 79.9. The Bertz CT molecular complexity index is 587. The number of amidine groups is 1. The first-order valence-electron chi connectivity index (χ1n) is 6.32. The van der Waals surface area contributed by atoms with E-state index in [4.69, 9.17) is 15.9 Å². The number of nitrogen functional groups attached to an aromatic ring is 1. The summed E-state index contributed by atoms with van der Waals surface area (Å²) < 4.78 is 6.46. The molecule has 2 aromatic rings. The van der Waals surface area contributed by atoms with E-state index in [1.165, 1.54) is 5.56 Å². The minimum atomic E-state index is 0.0427. The normalized spacial score (nSPS) is 10.2. The lowest BCUT2D eigenvalue weighted by Gasteiger charge is -2.08. The first-order valence-corrected chi connectivity index (χ1v) is 7.12. The van der Waals surface area contributed by atoms with Crippen LogP contribution in [0.25, 0.3) is 0 Å². The Labute approximate surface area is 126 Å². The van der Waals surface area contributed by atoms with Crippen LogP contribution in [0.1, 0.15) is 17.5 Å². The van der Waals surface area contributed by atoms with E-state index in [1.807, 2.05) is 24.3 Å². The molecule has 2 rings (SSSR count). The van der Waals surface area contributed by atoms with Crippen LogP contribution < -0.4 is 10.5 Å². The van der Waals surface area contributed by atoms with Gasteiger partial charge in [0.1, 0.15) is 11.6 Å². The predicted molar refractivity (Wildman–Crippen MR) is 83.2 cm³/mol. The minimum Gasteiger partial charge on any atom is -0.494 e. The lowest BCUT2D eigenvalue weighted by Crippen LogP contribution is -2.11. The molecule has 1 heterocycles. The van der Waals surface area contributed by atoms with E-state index >= 15 is 0 Å². The van der Waals surface area contributed by atoms with Crippen molar-refractivity contribution in [2.45, 2.75) is 12.8 Å². The summed E-state index contributed by atoms with van der Waals surface area (Å²) in [6.07, 6.45) is 5.51. The van der Waals surface area contributed by atoms with E-state index in [2.05, 4.69) is 20.9 Å². The number of nitrogens with two attached hydrogens (primary N) is 1. The number of aromatic nitrogens is 1. The Balaban J connectivity index is 1.83. The first kappa shape index (κ1) is 14.5. The Hall–Kier alpha value is -1.88. The molecule has 0 radical (unpaired) electrons. The molecule has 0 atom stereocenters. The molecule has 5 heteroatoms. The van der Waals surface area contributed by atoms with Crippen molar-refractivity contribution in [2.24, 2.45) is 5.73 Å². The summed E-state index contributed by atoms with van der Waals surface area (Å²) in [5, 5.41) is 7.41. The fraction of sp³-hybridized carbons (Fsp3) is 0.200. The average Bonchev–Trinajstić information content (AvgIpc) is 2.44. The molecule has 0 aliphatic heterocycles. The molecular weight excluding hydrogens is 318 g/mol. The monoisotopic (exact) mass is 333 g/mol. The number of rotatable bonds is 6. The second kappa shape index (κ2) is 7.05. The van der Waals surface area contributed by atoms with Crippen LogP contribution in [-0.2, 0) is 6.42 Å². The fourth-order valence-corrected chi connectivity index (χ4v) is 2.39. The van der Waals surface area contributed by atoms with Gasteiger partial charge in [0.05, 0.1) is 6.61 Å². The fourth-order valence-electron chi connectivity index (χ4n) is 1.82. The van der Waals surface area contributed by atoms with Gasteiger partial charge in [-0.1, -0.05) is 0 Å². The van der Waals surface area contributed by atoms with Crippen LogP contribution in [0.3, 0.4) is 0 Å². The summed E-state index contributed by atoms with van der Waals surface area (Å²) in [6.45, 7) is 0.647. The zero-order valence-corrected chi connectivity index (χ0v) is 12.6. The van der Waals surface area contributed by atoms with Crippen molar-refractivity contribution in [3.05, 3.63) is 58.3 Å². The quantitative estimate of drug-likeness (QED) is 0.484. The second-order valence-corrected chi connectivity index (χ2v) is 5.22. The molecule has 1 aromatic heterocycles. The molecule has 0 bridgehead atoms. The van der Waals surface area contributed by atoms with Crippen LogP contribution in [0, 0.1) is 5.41 Å². The smallest absolute Gasteiger partial charge is 0.123 e. The highest BCUT2D eigenvalue weighted by molar-refractivity contribution is 9.10. The van der Waals surface area contributed by atoms with Crippen LogP contribution in [0.15, 0.2) is 47.2 Å². The number of benzene rings is 1. The number of aryl methyl sites for hydroxylation is 1. The molecule has 0 spiro atoms. The number of pyridine rings is 1. The molecular formula is C15H16BrN3O. The lowest BCUT2D eigenvalue weighted by molar-refractivity contribution is 0.311. The van der Waals surface area contributed by atoms with E-state index in [9.17, 15) is 0 Å². The van der Waals surface area contributed by atoms with Crippen LogP contribution in [0.2, 0.25) is 0 Å². The van der Waals surface area contributed by atoms with Gasteiger partial charge in [-0.15, -0.1) is 0 Å². The number of nitrogens with zero attached hydrogens (tertiary/aromatic N) is 1. The van der Waals surface area contributed by atoms with Gasteiger partial charge >= 0.3 is 0 Å². The van der Waals surface area contributed by atoms with Gasteiger partial charge in [0.2, 0.25) is 0 Å². The molecule has 0 aliphatic carbocycles. The predicted octanol–water partition coefficient (Wildman–Crippen LogP) is 3.14. The number of ether oxygens (including phenoxy) is 1. The lowest BCUT2D eigenvalue weighted by atomic mass is 10.1. The van der Waals surface area contributed by atoms with Crippen LogP contribution >= 0.6 is 15.9 Å². The van der Waals surface area contributed by atoms with Crippen LogP contribution in [0.5, 0.6) is 5.75 Å². The van der Waals surface area contributed by atoms with Crippen LogP contribution in [-0.4, -0.2) is 17.4 Å². The summed E-state index contributed by atoms with van der Waals surface area (Å²) in [5.41, 5.74) is 7.39. The van der Waals surface area contributed by atoms with Gasteiger partial charge in [-0.2, -0.15) is 0 Å². The van der Waals surface area contributed by atoms with E-state index in [1.54, 1.807) is 18.5 Å². The third kappa shape index (κ3) is 4.06. The van der Waals surface area contributed by atoms with Gasteiger partial charge in [0, 0.05) is 22.4 Å². The van der Waals surface area contributed by atoms with Crippen molar-refractivity contribution in [1.82, 2.24) is 4.98 Å². The largest absolute Gasteiger partial charge is 0.494 e. The molecule has 20 heavy (non-hydrogen) atoms. The van der Waals surface area contributed by atoms with Gasteiger partial charge in [-0.3, -0.25) is 10.4 Å². The van der Waals surface area contributed by atoms with Crippen molar-refractivity contribution in [3.63, 3.8) is 0 Å². The second-order valence-electron chi connectivity index (χ2n) is 4.36. The molecule has 104 valence electrons. The first-order chi connectivity index (χ1) is 9.66. The third-order valence-corrected chi connectivity index (χ3v) is 3.51. The highest BCUT2D eigenvalue weighted by Gasteiger charge is 2.04. The molecule has 1 aromatic carbocycles. The van der Waals surface area contributed by atoms with Gasteiger partial charge in [0.25, 0.3) is 0 Å². The number of nitrogens with one attached hydrogen (secondary N) is 1. The van der Waals surface area contributed by atoms with E-state index in [0.29, 0.717) is 12.2 Å². The van der Waals surface area contributed by atoms with Gasteiger partial charge < -0.3 is 10.5 Å². The Morgan fingerprint density at radius 1 is 1.25 bits per heavy atom. The molecule has 4 nitrogen and oxygen atoms in total. The molecule has 0 amide bonds. The average molecular weight is 334 g/mol. The van der Waals surface area contributed by atoms with Crippen molar-refractivity contribution < 1.29 is 4.74 Å². The molecule has 0 aliphatic rings. The summed E-state index contributed by atoms with van der Waals surface area (Å²) in [5.74, 6) is 0.817. The Kier molecular flexibility index (Phi) is 5.12. The number of halogens is 1. The minimum absolute atomic E-state index is 0.0427. The standard InChI is InChI=1S/C15H16BrN3O/c16-14-10-12(3-4-13(14)15(17)18)20-9-1-2-11-5-7-19-8-6-11/h3-8,10H,1-2,9H2,(H3,17,18). The van der Waals surface area contributed by atoms with Crippen molar-refractivity contribution in [1.29, 1.82) is 5.41 Å². The summed E-state index contributed by atoms with van der Waals surface area (Å²) >= 11 is 3.39. The maximum atomic E-state index is 7.41. The van der Waals surface area contributed by atoms with Gasteiger partial charge in [0.15, 0.2) is 0 Å².